The first-order valence-corrected chi connectivity index (χ1v) is 14.2. The number of hydrogen-bond acceptors (Lipinski definition) is 6. The van der Waals surface area contributed by atoms with Crippen LogP contribution in [0.3, 0.4) is 0 Å². The molecule has 0 aliphatic heterocycles. The van der Waals surface area contributed by atoms with Crippen molar-refractivity contribution in [3.8, 4) is 0 Å². The fourth-order valence-corrected chi connectivity index (χ4v) is 5.85. The molecular formula is C20H19ClN2O6S3. The van der Waals surface area contributed by atoms with Crippen LogP contribution in [-0.2, 0) is 29.9 Å². The topological polar surface area (TPSA) is 126 Å². The molecule has 0 heterocycles. The Hall–Kier alpha value is -2.60. The molecule has 12 heteroatoms. The number of sulfonamides is 2. The molecule has 32 heavy (non-hydrogen) atoms. The summed E-state index contributed by atoms with van der Waals surface area (Å²) in [5, 5.41) is 0.412. The second-order valence-corrected chi connectivity index (χ2v) is 12.7. The Morgan fingerprint density at radius 2 is 1.25 bits per heavy atom. The molecule has 0 fully saturated rings. The van der Waals surface area contributed by atoms with E-state index in [-0.39, 0.29) is 20.4 Å². The summed E-state index contributed by atoms with van der Waals surface area (Å²) < 4.78 is 78.7. The molecule has 0 bridgehead atoms. The summed E-state index contributed by atoms with van der Waals surface area (Å²) in [7, 11) is -11.6. The molecule has 0 aliphatic carbocycles. The van der Waals surface area contributed by atoms with Crippen LogP contribution in [0.15, 0.2) is 81.4 Å². The third-order valence-electron chi connectivity index (χ3n) is 4.47. The predicted octanol–water partition coefficient (Wildman–Crippen LogP) is 3.65. The SMILES string of the molecule is Cc1c(Cl)cccc1NS(=O)(=O)c1ccc(NS(=O)(=O)c2cccc(S(C)(=O)=O)c2)cc1. The summed E-state index contributed by atoms with van der Waals surface area (Å²) in [6, 6.07) is 14.8. The van der Waals surface area contributed by atoms with Gasteiger partial charge in [-0.2, -0.15) is 0 Å². The minimum absolute atomic E-state index is 0.0844. The van der Waals surface area contributed by atoms with Crippen molar-refractivity contribution in [1.82, 2.24) is 0 Å². The second kappa shape index (κ2) is 8.74. The molecule has 0 atom stereocenters. The van der Waals surface area contributed by atoms with Crippen LogP contribution in [0.1, 0.15) is 5.56 Å². The first kappa shape index (κ1) is 24.1. The van der Waals surface area contributed by atoms with Crippen LogP contribution in [0.5, 0.6) is 0 Å². The van der Waals surface area contributed by atoms with Crippen molar-refractivity contribution in [2.24, 2.45) is 0 Å². The van der Waals surface area contributed by atoms with E-state index in [2.05, 4.69) is 9.44 Å². The summed E-state index contributed by atoms with van der Waals surface area (Å²) in [4.78, 5) is -0.460. The summed E-state index contributed by atoms with van der Waals surface area (Å²) in [6.45, 7) is 1.68. The third-order valence-corrected chi connectivity index (χ3v) is 8.75. The zero-order valence-electron chi connectivity index (χ0n) is 16.9. The largest absolute Gasteiger partial charge is 0.280 e. The lowest BCUT2D eigenvalue weighted by atomic mass is 10.2. The van der Waals surface area contributed by atoms with Crippen molar-refractivity contribution in [2.45, 2.75) is 21.6 Å². The van der Waals surface area contributed by atoms with Crippen LogP contribution in [0.25, 0.3) is 0 Å². The smallest absolute Gasteiger partial charge is 0.261 e. The van der Waals surface area contributed by atoms with Gasteiger partial charge in [-0.25, -0.2) is 25.3 Å². The molecule has 3 rings (SSSR count). The Labute approximate surface area is 192 Å². The Bertz CT molecular complexity index is 1480. The molecular weight excluding hydrogens is 496 g/mol. The molecule has 0 amide bonds. The van der Waals surface area contributed by atoms with E-state index in [0.29, 0.717) is 16.3 Å². The molecule has 0 aromatic heterocycles. The van der Waals surface area contributed by atoms with Gasteiger partial charge in [-0.3, -0.25) is 9.44 Å². The summed E-state index contributed by atoms with van der Waals surface area (Å²) >= 11 is 6.02. The van der Waals surface area contributed by atoms with Gasteiger partial charge in [0.05, 0.1) is 20.4 Å². The van der Waals surface area contributed by atoms with Crippen molar-refractivity contribution in [3.05, 3.63) is 77.3 Å². The van der Waals surface area contributed by atoms with Crippen molar-refractivity contribution in [3.63, 3.8) is 0 Å². The van der Waals surface area contributed by atoms with Gasteiger partial charge in [0.25, 0.3) is 20.0 Å². The number of rotatable bonds is 7. The van der Waals surface area contributed by atoms with Crippen molar-refractivity contribution >= 4 is 52.9 Å². The van der Waals surface area contributed by atoms with Gasteiger partial charge in [-0.05, 0) is 67.1 Å². The Morgan fingerprint density at radius 1 is 0.688 bits per heavy atom. The van der Waals surface area contributed by atoms with E-state index < -0.39 is 29.9 Å². The van der Waals surface area contributed by atoms with Gasteiger partial charge in [0.2, 0.25) is 0 Å². The maximum absolute atomic E-state index is 12.7. The standard InChI is InChI=1S/C20H19ClN2O6S3/c1-14-19(21)7-4-8-20(14)23-31(26,27)16-11-9-15(10-12-16)22-32(28,29)18-6-3-5-17(13-18)30(2,24)25/h3-13,22-23H,1-2H3. The first-order valence-electron chi connectivity index (χ1n) is 9.00. The quantitative estimate of drug-likeness (QED) is 0.495. The van der Waals surface area contributed by atoms with Crippen LogP contribution >= 0.6 is 11.6 Å². The molecule has 0 radical (unpaired) electrons. The number of hydrogen-bond donors (Lipinski definition) is 2. The van der Waals surface area contributed by atoms with E-state index in [0.717, 1.165) is 12.3 Å². The van der Waals surface area contributed by atoms with E-state index in [1.807, 2.05) is 0 Å². The Balaban J connectivity index is 1.83. The summed E-state index contributed by atoms with van der Waals surface area (Å²) in [5.74, 6) is 0. The fourth-order valence-electron chi connectivity index (χ4n) is 2.71. The lowest BCUT2D eigenvalue weighted by Crippen LogP contribution is -2.15. The highest BCUT2D eigenvalue weighted by Crippen LogP contribution is 2.26. The van der Waals surface area contributed by atoms with Gasteiger partial charge in [0.15, 0.2) is 9.84 Å². The van der Waals surface area contributed by atoms with Crippen molar-refractivity contribution in [2.75, 3.05) is 15.7 Å². The zero-order chi connectivity index (χ0) is 23.7. The van der Waals surface area contributed by atoms with Gasteiger partial charge in [0, 0.05) is 17.0 Å². The van der Waals surface area contributed by atoms with Crippen LogP contribution in [0.2, 0.25) is 5.02 Å². The van der Waals surface area contributed by atoms with Gasteiger partial charge in [0.1, 0.15) is 0 Å². The van der Waals surface area contributed by atoms with Gasteiger partial charge < -0.3 is 0 Å². The average molecular weight is 515 g/mol. The molecule has 2 N–H and O–H groups in total. The lowest BCUT2D eigenvalue weighted by molar-refractivity contribution is 0.598. The Kier molecular flexibility index (Phi) is 6.57. The fraction of sp³-hybridized carbons (Fsp3) is 0.100. The van der Waals surface area contributed by atoms with Gasteiger partial charge >= 0.3 is 0 Å². The number of anilines is 2. The minimum atomic E-state index is -4.10. The second-order valence-electron chi connectivity index (χ2n) is 6.89. The van der Waals surface area contributed by atoms with E-state index in [4.69, 9.17) is 11.6 Å². The predicted molar refractivity (Wildman–Crippen MR) is 124 cm³/mol. The average Bonchev–Trinajstić information content (AvgIpc) is 2.71. The van der Waals surface area contributed by atoms with Crippen LogP contribution in [-0.4, -0.2) is 31.5 Å². The van der Waals surface area contributed by atoms with E-state index >= 15 is 0 Å². The molecule has 0 unspecified atom stereocenters. The number of benzene rings is 3. The monoisotopic (exact) mass is 514 g/mol. The van der Waals surface area contributed by atoms with Crippen LogP contribution < -0.4 is 9.44 Å². The highest BCUT2D eigenvalue weighted by atomic mass is 35.5. The van der Waals surface area contributed by atoms with Gasteiger partial charge in [-0.15, -0.1) is 0 Å². The highest BCUT2D eigenvalue weighted by molar-refractivity contribution is 7.93. The maximum Gasteiger partial charge on any atom is 0.261 e. The maximum atomic E-state index is 12.7. The number of nitrogens with one attached hydrogen (secondary N) is 2. The van der Waals surface area contributed by atoms with Crippen molar-refractivity contribution in [1.29, 1.82) is 0 Å². The van der Waals surface area contributed by atoms with Crippen LogP contribution in [0.4, 0.5) is 11.4 Å². The molecule has 0 aliphatic rings. The lowest BCUT2D eigenvalue weighted by Gasteiger charge is -2.12. The van der Waals surface area contributed by atoms with E-state index in [1.54, 1.807) is 25.1 Å². The molecule has 3 aromatic carbocycles. The minimum Gasteiger partial charge on any atom is -0.280 e. The Morgan fingerprint density at radius 3 is 1.88 bits per heavy atom. The molecule has 170 valence electrons. The van der Waals surface area contributed by atoms with Crippen LogP contribution in [0, 0.1) is 6.92 Å². The third kappa shape index (κ3) is 5.41. The number of halogens is 1. The molecule has 3 aromatic rings. The summed E-state index contributed by atoms with van der Waals surface area (Å²) in [6.07, 6.45) is 0.976. The van der Waals surface area contributed by atoms with E-state index in [9.17, 15) is 25.3 Å². The molecule has 0 spiro atoms. The summed E-state index contributed by atoms with van der Waals surface area (Å²) in [5.41, 5.74) is 0.999. The van der Waals surface area contributed by atoms with E-state index in [1.165, 1.54) is 42.5 Å². The molecule has 0 saturated carbocycles. The first-order chi connectivity index (χ1) is 14.8. The van der Waals surface area contributed by atoms with Gasteiger partial charge in [-0.1, -0.05) is 23.7 Å². The zero-order valence-corrected chi connectivity index (χ0v) is 20.1. The normalized spacial score (nSPS) is 12.3. The molecule has 0 saturated heterocycles. The highest BCUT2D eigenvalue weighted by Gasteiger charge is 2.19. The van der Waals surface area contributed by atoms with Crippen molar-refractivity contribution < 1.29 is 25.3 Å². The number of sulfone groups is 1. The molecule has 8 nitrogen and oxygen atoms in total.